The molecule has 0 saturated heterocycles. The molecular weight excluding hydrogens is 366 g/mol. The Balaban J connectivity index is 1.64. The lowest BCUT2D eigenvalue weighted by Crippen LogP contribution is -2.33. The molecule has 27 heavy (non-hydrogen) atoms. The molecule has 0 bridgehead atoms. The number of likely N-dealkylation sites (N-methyl/N-ethyl adjacent to an activating group) is 1. The summed E-state index contributed by atoms with van der Waals surface area (Å²) in [4.78, 5) is 28.0. The standard InChI is InChI=1S/C17H21N7O2S/c1-4-23(5-2)16(25)11-24-10-15(18-21-24)17(26)22(3)9-12-6-7-13-14(8-12)20-27-19-13/h6-8,10H,4-5,9,11H2,1-3H3. The fraction of sp³-hybridized carbons (Fsp3) is 0.412. The van der Waals surface area contributed by atoms with Crippen molar-refractivity contribution in [2.45, 2.75) is 26.9 Å². The summed E-state index contributed by atoms with van der Waals surface area (Å²) in [5.41, 5.74) is 2.83. The molecule has 0 saturated carbocycles. The molecule has 3 aromatic rings. The Hall–Kier alpha value is -2.88. The predicted molar refractivity (Wildman–Crippen MR) is 101 cm³/mol. The van der Waals surface area contributed by atoms with Gasteiger partial charge in [-0.3, -0.25) is 9.59 Å². The van der Waals surface area contributed by atoms with E-state index in [2.05, 4.69) is 19.1 Å². The fourth-order valence-corrected chi connectivity index (χ4v) is 3.27. The minimum Gasteiger partial charge on any atom is -0.342 e. The lowest BCUT2D eigenvalue weighted by atomic mass is 10.2. The van der Waals surface area contributed by atoms with Crippen molar-refractivity contribution in [3.05, 3.63) is 35.7 Å². The quantitative estimate of drug-likeness (QED) is 0.608. The molecule has 0 aliphatic heterocycles. The third kappa shape index (κ3) is 4.27. The molecule has 0 fully saturated rings. The Morgan fingerprint density at radius 3 is 2.63 bits per heavy atom. The van der Waals surface area contributed by atoms with Crippen LogP contribution in [0.25, 0.3) is 11.0 Å². The zero-order valence-corrected chi connectivity index (χ0v) is 16.3. The number of aromatic nitrogens is 5. The summed E-state index contributed by atoms with van der Waals surface area (Å²) in [6.07, 6.45) is 1.51. The maximum absolute atomic E-state index is 12.6. The van der Waals surface area contributed by atoms with Crippen LogP contribution in [0.4, 0.5) is 0 Å². The Bertz CT molecular complexity index is 948. The highest BCUT2D eigenvalue weighted by atomic mass is 32.1. The van der Waals surface area contributed by atoms with Gasteiger partial charge < -0.3 is 9.80 Å². The monoisotopic (exact) mass is 387 g/mol. The third-order valence-electron chi connectivity index (χ3n) is 4.26. The molecule has 2 heterocycles. The summed E-state index contributed by atoms with van der Waals surface area (Å²) in [5.74, 6) is -0.310. The van der Waals surface area contributed by atoms with Crippen molar-refractivity contribution >= 4 is 34.6 Å². The maximum atomic E-state index is 12.6. The number of hydrogen-bond acceptors (Lipinski definition) is 7. The van der Waals surface area contributed by atoms with Crippen LogP contribution >= 0.6 is 11.7 Å². The van der Waals surface area contributed by atoms with E-state index in [0.29, 0.717) is 19.6 Å². The van der Waals surface area contributed by atoms with Crippen LogP contribution in [0.3, 0.4) is 0 Å². The summed E-state index contributed by atoms with van der Waals surface area (Å²) in [6, 6.07) is 5.73. The van der Waals surface area contributed by atoms with Crippen molar-refractivity contribution in [3.63, 3.8) is 0 Å². The molecule has 9 nitrogen and oxygen atoms in total. The Morgan fingerprint density at radius 2 is 1.89 bits per heavy atom. The first-order valence-corrected chi connectivity index (χ1v) is 9.39. The topological polar surface area (TPSA) is 97.1 Å². The molecule has 10 heteroatoms. The number of hydrogen-bond donors (Lipinski definition) is 0. The summed E-state index contributed by atoms with van der Waals surface area (Å²) < 4.78 is 9.78. The summed E-state index contributed by atoms with van der Waals surface area (Å²) in [6.45, 7) is 5.60. The molecule has 2 aromatic heterocycles. The Morgan fingerprint density at radius 1 is 1.15 bits per heavy atom. The van der Waals surface area contributed by atoms with Gasteiger partial charge in [-0.15, -0.1) is 5.10 Å². The number of benzene rings is 1. The number of nitrogens with zero attached hydrogens (tertiary/aromatic N) is 7. The van der Waals surface area contributed by atoms with E-state index in [4.69, 9.17) is 0 Å². The molecule has 0 radical (unpaired) electrons. The minimum atomic E-state index is -0.256. The smallest absolute Gasteiger partial charge is 0.276 e. The molecule has 142 valence electrons. The predicted octanol–water partition coefficient (Wildman–Crippen LogP) is 1.42. The van der Waals surface area contributed by atoms with Crippen molar-refractivity contribution in [2.24, 2.45) is 0 Å². The van der Waals surface area contributed by atoms with Crippen molar-refractivity contribution in [2.75, 3.05) is 20.1 Å². The molecule has 0 aliphatic rings. The van der Waals surface area contributed by atoms with Crippen molar-refractivity contribution < 1.29 is 9.59 Å². The van der Waals surface area contributed by atoms with Crippen molar-refractivity contribution in [3.8, 4) is 0 Å². The number of carbonyl (C=O) groups excluding carboxylic acids is 2. The summed E-state index contributed by atoms with van der Waals surface area (Å²) in [5, 5.41) is 7.82. The highest BCUT2D eigenvalue weighted by molar-refractivity contribution is 7.00. The maximum Gasteiger partial charge on any atom is 0.276 e. The number of carbonyl (C=O) groups is 2. The van der Waals surface area contributed by atoms with Gasteiger partial charge in [0.05, 0.1) is 17.9 Å². The van der Waals surface area contributed by atoms with Gasteiger partial charge in [0.2, 0.25) is 5.91 Å². The molecule has 1 aromatic carbocycles. The Kier molecular flexibility index (Phi) is 5.75. The first-order chi connectivity index (χ1) is 13.0. The van der Waals surface area contributed by atoms with E-state index < -0.39 is 0 Å². The minimum absolute atomic E-state index is 0.0533. The van der Waals surface area contributed by atoms with Gasteiger partial charge in [-0.2, -0.15) is 8.75 Å². The van der Waals surface area contributed by atoms with Gasteiger partial charge in [-0.25, -0.2) is 4.68 Å². The van der Waals surface area contributed by atoms with Crippen LogP contribution in [0.5, 0.6) is 0 Å². The van der Waals surface area contributed by atoms with E-state index in [9.17, 15) is 9.59 Å². The first-order valence-electron chi connectivity index (χ1n) is 8.66. The largest absolute Gasteiger partial charge is 0.342 e. The highest BCUT2D eigenvalue weighted by Crippen LogP contribution is 2.15. The second-order valence-electron chi connectivity index (χ2n) is 6.12. The SMILES string of the molecule is CCN(CC)C(=O)Cn1cc(C(=O)N(C)Cc2ccc3nsnc3c2)nn1. The van der Waals surface area contributed by atoms with Crippen molar-refractivity contribution in [1.82, 2.24) is 33.5 Å². The molecule has 0 spiro atoms. The zero-order valence-electron chi connectivity index (χ0n) is 15.5. The van der Waals surface area contributed by atoms with E-state index in [1.165, 1.54) is 10.9 Å². The molecule has 3 rings (SSSR count). The van der Waals surface area contributed by atoms with Gasteiger partial charge >= 0.3 is 0 Å². The number of amides is 2. The number of fused-ring (bicyclic) bond motifs is 1. The van der Waals surface area contributed by atoms with E-state index >= 15 is 0 Å². The second kappa shape index (κ2) is 8.21. The normalized spacial score (nSPS) is 10.9. The van der Waals surface area contributed by atoms with Gasteiger partial charge in [0.25, 0.3) is 5.91 Å². The first kappa shape index (κ1) is 18.9. The molecule has 0 aliphatic carbocycles. The molecule has 0 unspecified atom stereocenters. The zero-order chi connectivity index (χ0) is 19.4. The lowest BCUT2D eigenvalue weighted by molar-refractivity contribution is -0.131. The number of rotatable bonds is 7. The van der Waals surface area contributed by atoms with Gasteiger partial charge in [-0.05, 0) is 31.5 Å². The summed E-state index contributed by atoms with van der Waals surface area (Å²) >= 11 is 1.16. The van der Waals surface area contributed by atoms with E-state index in [1.807, 2.05) is 32.0 Å². The van der Waals surface area contributed by atoms with Crippen LogP contribution < -0.4 is 0 Å². The van der Waals surface area contributed by atoms with Crippen LogP contribution in [0.2, 0.25) is 0 Å². The van der Waals surface area contributed by atoms with Gasteiger partial charge in [-0.1, -0.05) is 11.3 Å². The lowest BCUT2D eigenvalue weighted by Gasteiger charge is -2.18. The highest BCUT2D eigenvalue weighted by Gasteiger charge is 2.18. The van der Waals surface area contributed by atoms with Crippen LogP contribution in [0.1, 0.15) is 29.9 Å². The molecular formula is C17H21N7O2S. The third-order valence-corrected chi connectivity index (χ3v) is 4.81. The van der Waals surface area contributed by atoms with E-state index in [1.54, 1.807) is 16.8 Å². The van der Waals surface area contributed by atoms with Gasteiger partial charge in [0, 0.05) is 26.7 Å². The average Bonchev–Trinajstić information content (AvgIpc) is 3.31. The Labute approximate surface area is 160 Å². The van der Waals surface area contributed by atoms with Crippen molar-refractivity contribution in [1.29, 1.82) is 0 Å². The van der Waals surface area contributed by atoms with E-state index in [0.717, 1.165) is 28.3 Å². The molecule has 0 N–H and O–H groups in total. The summed E-state index contributed by atoms with van der Waals surface area (Å²) in [7, 11) is 1.70. The molecule has 2 amide bonds. The molecule has 0 atom stereocenters. The van der Waals surface area contributed by atoms with Crippen LogP contribution in [-0.2, 0) is 17.9 Å². The van der Waals surface area contributed by atoms with Crippen LogP contribution in [0, 0.1) is 0 Å². The average molecular weight is 387 g/mol. The fourth-order valence-electron chi connectivity index (χ4n) is 2.76. The van der Waals surface area contributed by atoms with Crippen LogP contribution in [0.15, 0.2) is 24.4 Å². The van der Waals surface area contributed by atoms with Gasteiger partial charge in [0.1, 0.15) is 17.6 Å². The second-order valence-corrected chi connectivity index (χ2v) is 6.64. The van der Waals surface area contributed by atoms with Gasteiger partial charge in [0.15, 0.2) is 5.69 Å². The van der Waals surface area contributed by atoms with Crippen LogP contribution in [-0.4, -0.2) is 65.5 Å². The van der Waals surface area contributed by atoms with E-state index in [-0.39, 0.29) is 24.1 Å².